The molecule has 2 aromatic carbocycles. The summed E-state index contributed by atoms with van der Waals surface area (Å²) in [6.45, 7) is 0. The maximum Gasteiger partial charge on any atom is 0.227 e. The third-order valence-electron chi connectivity index (χ3n) is 3.76. The maximum atomic E-state index is 11.1. The quantitative estimate of drug-likeness (QED) is 0.665. The average molecular weight is 263 g/mol. The lowest BCUT2D eigenvalue weighted by Gasteiger charge is -2.02. The van der Waals surface area contributed by atoms with Gasteiger partial charge in [-0.15, -0.1) is 0 Å². The van der Waals surface area contributed by atoms with E-state index in [0.29, 0.717) is 17.5 Å². The number of aldehydes is 1. The van der Waals surface area contributed by atoms with E-state index in [-0.39, 0.29) is 0 Å². The van der Waals surface area contributed by atoms with Crippen molar-refractivity contribution in [2.24, 2.45) is 0 Å². The standard InChI is InChI=1S/C17H13NO2/c19-10-15-16(12-8-9-12)20-17(18-15)14-7-3-5-11-4-1-2-6-13(11)14/h1-7,10,12H,8-9H2. The number of hydrogen-bond acceptors (Lipinski definition) is 3. The lowest BCUT2D eigenvalue weighted by atomic mass is 10.0. The van der Waals surface area contributed by atoms with Crippen LogP contribution in [0.25, 0.3) is 22.2 Å². The Labute approximate surface area is 116 Å². The maximum absolute atomic E-state index is 11.1. The van der Waals surface area contributed by atoms with Gasteiger partial charge in [0, 0.05) is 11.5 Å². The van der Waals surface area contributed by atoms with Gasteiger partial charge in [0.15, 0.2) is 6.29 Å². The molecule has 1 aliphatic rings. The molecule has 1 saturated carbocycles. The van der Waals surface area contributed by atoms with Crippen LogP contribution in [0.5, 0.6) is 0 Å². The number of aromatic nitrogens is 1. The van der Waals surface area contributed by atoms with Gasteiger partial charge in [-0.2, -0.15) is 0 Å². The third kappa shape index (κ3) is 1.74. The van der Waals surface area contributed by atoms with Crippen molar-refractivity contribution >= 4 is 17.1 Å². The van der Waals surface area contributed by atoms with Gasteiger partial charge < -0.3 is 4.42 Å². The summed E-state index contributed by atoms with van der Waals surface area (Å²) in [6.07, 6.45) is 2.97. The molecule has 3 aromatic rings. The summed E-state index contributed by atoms with van der Waals surface area (Å²) in [4.78, 5) is 15.5. The largest absolute Gasteiger partial charge is 0.440 e. The molecule has 98 valence electrons. The van der Waals surface area contributed by atoms with Crippen molar-refractivity contribution in [2.75, 3.05) is 0 Å². The fourth-order valence-electron chi connectivity index (χ4n) is 2.59. The van der Waals surface area contributed by atoms with Crippen LogP contribution < -0.4 is 0 Å². The first-order valence-electron chi connectivity index (χ1n) is 6.81. The van der Waals surface area contributed by atoms with Crippen molar-refractivity contribution in [1.29, 1.82) is 0 Å². The van der Waals surface area contributed by atoms with Gasteiger partial charge >= 0.3 is 0 Å². The number of fused-ring (bicyclic) bond motifs is 1. The number of rotatable bonds is 3. The van der Waals surface area contributed by atoms with E-state index in [4.69, 9.17) is 4.42 Å². The zero-order valence-electron chi connectivity index (χ0n) is 10.9. The summed E-state index contributed by atoms with van der Waals surface area (Å²) in [5.74, 6) is 1.68. The highest BCUT2D eigenvalue weighted by Gasteiger charge is 2.31. The van der Waals surface area contributed by atoms with Crippen LogP contribution in [-0.4, -0.2) is 11.3 Å². The van der Waals surface area contributed by atoms with Gasteiger partial charge in [-0.05, 0) is 29.7 Å². The normalized spacial score (nSPS) is 14.6. The van der Waals surface area contributed by atoms with Crippen LogP contribution >= 0.6 is 0 Å². The number of nitrogens with zero attached hydrogens (tertiary/aromatic N) is 1. The summed E-state index contributed by atoms with van der Waals surface area (Å²) in [6, 6.07) is 14.1. The van der Waals surface area contributed by atoms with Crippen molar-refractivity contribution in [3.63, 3.8) is 0 Å². The number of carbonyl (C=O) groups is 1. The van der Waals surface area contributed by atoms with Gasteiger partial charge in [-0.3, -0.25) is 4.79 Å². The lowest BCUT2D eigenvalue weighted by molar-refractivity contribution is 0.111. The highest BCUT2D eigenvalue weighted by atomic mass is 16.4. The first kappa shape index (κ1) is 11.4. The molecule has 0 atom stereocenters. The smallest absolute Gasteiger partial charge is 0.227 e. The molecule has 0 bridgehead atoms. The number of benzene rings is 2. The molecule has 0 amide bonds. The van der Waals surface area contributed by atoms with Crippen LogP contribution in [0.1, 0.15) is 35.0 Å². The second-order valence-electron chi connectivity index (χ2n) is 5.19. The summed E-state index contributed by atoms with van der Waals surface area (Å²) >= 11 is 0. The van der Waals surface area contributed by atoms with E-state index in [2.05, 4.69) is 17.1 Å². The molecule has 20 heavy (non-hydrogen) atoms. The Hall–Kier alpha value is -2.42. The van der Waals surface area contributed by atoms with Gasteiger partial charge in [0.2, 0.25) is 5.89 Å². The first-order valence-corrected chi connectivity index (χ1v) is 6.81. The predicted octanol–water partition coefficient (Wildman–Crippen LogP) is 4.18. The van der Waals surface area contributed by atoms with E-state index < -0.39 is 0 Å². The zero-order chi connectivity index (χ0) is 13.5. The van der Waals surface area contributed by atoms with Crippen LogP contribution in [0.4, 0.5) is 0 Å². The van der Waals surface area contributed by atoms with Crippen LogP contribution in [0, 0.1) is 0 Å². The molecule has 0 aliphatic heterocycles. The van der Waals surface area contributed by atoms with Gasteiger partial charge in [0.25, 0.3) is 0 Å². The van der Waals surface area contributed by atoms with Crippen molar-refractivity contribution < 1.29 is 9.21 Å². The minimum atomic E-state index is 0.381. The monoisotopic (exact) mass is 263 g/mol. The van der Waals surface area contributed by atoms with E-state index in [1.54, 1.807) is 0 Å². The van der Waals surface area contributed by atoms with Crippen LogP contribution in [0.3, 0.4) is 0 Å². The van der Waals surface area contributed by atoms with Crippen LogP contribution in [-0.2, 0) is 0 Å². The molecule has 0 radical (unpaired) electrons. The molecule has 1 aliphatic carbocycles. The molecular weight excluding hydrogens is 250 g/mol. The van der Waals surface area contributed by atoms with Gasteiger partial charge in [0.1, 0.15) is 11.5 Å². The van der Waals surface area contributed by atoms with E-state index in [1.165, 1.54) is 0 Å². The third-order valence-corrected chi connectivity index (χ3v) is 3.76. The fourth-order valence-corrected chi connectivity index (χ4v) is 2.59. The molecule has 3 heteroatoms. The van der Waals surface area contributed by atoms with Crippen molar-refractivity contribution in [2.45, 2.75) is 18.8 Å². The van der Waals surface area contributed by atoms with Gasteiger partial charge in [0.05, 0.1) is 0 Å². The summed E-state index contributed by atoms with van der Waals surface area (Å²) in [5, 5.41) is 2.24. The summed E-state index contributed by atoms with van der Waals surface area (Å²) < 4.78 is 5.88. The lowest BCUT2D eigenvalue weighted by Crippen LogP contribution is -1.86. The minimum Gasteiger partial charge on any atom is -0.440 e. The van der Waals surface area contributed by atoms with Gasteiger partial charge in [-0.1, -0.05) is 36.4 Å². The van der Waals surface area contributed by atoms with E-state index in [0.717, 1.165) is 41.2 Å². The molecule has 0 unspecified atom stereocenters. The molecule has 3 nitrogen and oxygen atoms in total. The van der Waals surface area contributed by atoms with Crippen LogP contribution in [0.15, 0.2) is 46.9 Å². The molecular formula is C17H13NO2. The molecule has 0 saturated heterocycles. The SMILES string of the molecule is O=Cc1nc(-c2cccc3ccccc23)oc1C1CC1. The molecule has 4 rings (SSSR count). The second kappa shape index (κ2) is 4.30. The fraction of sp³-hybridized carbons (Fsp3) is 0.176. The van der Waals surface area contributed by atoms with Crippen LogP contribution in [0.2, 0.25) is 0 Å². The molecule has 1 fully saturated rings. The van der Waals surface area contributed by atoms with Gasteiger partial charge in [-0.25, -0.2) is 4.98 Å². The Morgan fingerprint density at radius 2 is 1.90 bits per heavy atom. The van der Waals surface area contributed by atoms with E-state index >= 15 is 0 Å². The molecule has 0 spiro atoms. The summed E-state index contributed by atoms with van der Waals surface area (Å²) in [7, 11) is 0. The summed E-state index contributed by atoms with van der Waals surface area (Å²) in [5.41, 5.74) is 1.40. The molecule has 1 heterocycles. The molecule has 1 aromatic heterocycles. The first-order chi connectivity index (χ1) is 9.86. The zero-order valence-corrected chi connectivity index (χ0v) is 10.9. The topological polar surface area (TPSA) is 43.1 Å². The van der Waals surface area contributed by atoms with E-state index in [1.807, 2.05) is 30.3 Å². The Kier molecular flexibility index (Phi) is 2.46. The number of carbonyl (C=O) groups excluding carboxylic acids is 1. The van der Waals surface area contributed by atoms with Crippen molar-refractivity contribution in [3.8, 4) is 11.5 Å². The second-order valence-corrected chi connectivity index (χ2v) is 5.19. The Morgan fingerprint density at radius 1 is 1.10 bits per heavy atom. The highest BCUT2D eigenvalue weighted by Crippen LogP contribution is 2.43. The van der Waals surface area contributed by atoms with E-state index in [9.17, 15) is 4.79 Å². The Balaban J connectivity index is 1.93. The highest BCUT2D eigenvalue weighted by molar-refractivity contribution is 5.95. The number of oxazole rings is 1. The Morgan fingerprint density at radius 3 is 2.70 bits per heavy atom. The predicted molar refractivity (Wildman–Crippen MR) is 76.8 cm³/mol. The average Bonchev–Trinajstić information content (AvgIpc) is 3.26. The molecule has 0 N–H and O–H groups in total. The van der Waals surface area contributed by atoms with Crippen molar-refractivity contribution in [3.05, 3.63) is 53.9 Å². The minimum absolute atomic E-state index is 0.381. The number of hydrogen-bond donors (Lipinski definition) is 0. The van der Waals surface area contributed by atoms with Crippen molar-refractivity contribution in [1.82, 2.24) is 4.98 Å². The Bertz CT molecular complexity index is 794.